The van der Waals surface area contributed by atoms with Crippen molar-refractivity contribution in [1.82, 2.24) is 0 Å². The van der Waals surface area contributed by atoms with E-state index in [1.165, 1.54) is 12.8 Å². The van der Waals surface area contributed by atoms with Crippen LogP contribution in [0.15, 0.2) is 12.2 Å². The standard InChI is InChI=1S/C7H10BO/c1-8-7(9)5-4-6-2-3-6/h4-6H,2-3H2,1H3/b5-4+. The van der Waals surface area contributed by atoms with E-state index in [9.17, 15) is 4.79 Å². The summed E-state index contributed by atoms with van der Waals surface area (Å²) in [4.78, 5) is 10.6. The minimum atomic E-state index is 0.127. The lowest BCUT2D eigenvalue weighted by Gasteiger charge is -1.81. The molecule has 1 radical (unpaired) electrons. The van der Waals surface area contributed by atoms with Crippen molar-refractivity contribution in [2.45, 2.75) is 19.7 Å². The van der Waals surface area contributed by atoms with Gasteiger partial charge in [0.15, 0.2) is 0 Å². The van der Waals surface area contributed by atoms with Gasteiger partial charge >= 0.3 is 0 Å². The number of hydrogen-bond acceptors (Lipinski definition) is 1. The van der Waals surface area contributed by atoms with Crippen molar-refractivity contribution >= 4 is 13.0 Å². The molecular weight excluding hydrogens is 111 g/mol. The van der Waals surface area contributed by atoms with Crippen LogP contribution in [0.25, 0.3) is 0 Å². The highest BCUT2D eigenvalue weighted by atomic mass is 16.1. The zero-order valence-electron chi connectivity index (χ0n) is 5.63. The van der Waals surface area contributed by atoms with Crippen molar-refractivity contribution < 1.29 is 4.79 Å². The fraction of sp³-hybridized carbons (Fsp3) is 0.571. The zero-order chi connectivity index (χ0) is 6.69. The molecule has 0 aromatic carbocycles. The summed E-state index contributed by atoms with van der Waals surface area (Å²) in [6.45, 7) is 1.76. The van der Waals surface area contributed by atoms with Crippen LogP contribution < -0.4 is 0 Å². The fourth-order valence-corrected chi connectivity index (χ4v) is 0.616. The van der Waals surface area contributed by atoms with Gasteiger partial charge in [0, 0.05) is 0 Å². The molecule has 1 nitrogen and oxygen atoms in total. The molecule has 9 heavy (non-hydrogen) atoms. The predicted molar refractivity (Wildman–Crippen MR) is 38.5 cm³/mol. The van der Waals surface area contributed by atoms with Crippen molar-refractivity contribution in [3.63, 3.8) is 0 Å². The Bertz CT molecular complexity index is 136. The summed E-state index contributed by atoms with van der Waals surface area (Å²) in [6.07, 6.45) is 6.21. The second kappa shape index (κ2) is 2.86. The van der Waals surface area contributed by atoms with Crippen LogP contribution >= 0.6 is 0 Å². The molecule has 0 unspecified atom stereocenters. The highest BCUT2D eigenvalue weighted by Gasteiger charge is 2.17. The number of hydrogen-bond donors (Lipinski definition) is 0. The van der Waals surface area contributed by atoms with Crippen LogP contribution in [0.3, 0.4) is 0 Å². The molecule has 0 aromatic heterocycles. The van der Waals surface area contributed by atoms with E-state index in [1.54, 1.807) is 20.2 Å². The number of rotatable bonds is 3. The van der Waals surface area contributed by atoms with E-state index in [2.05, 4.69) is 0 Å². The molecule has 1 rings (SSSR count). The minimum Gasteiger partial charge on any atom is -0.307 e. The SMILES string of the molecule is C[B]C(=O)/C=C/C1CC1. The highest BCUT2D eigenvalue weighted by Crippen LogP contribution is 2.29. The third-order valence-electron chi connectivity index (χ3n) is 1.44. The van der Waals surface area contributed by atoms with Gasteiger partial charge in [-0.2, -0.15) is 0 Å². The Labute approximate surface area is 56.4 Å². The first kappa shape index (κ1) is 6.59. The molecule has 47 valence electrons. The summed E-state index contributed by atoms with van der Waals surface area (Å²) >= 11 is 0. The van der Waals surface area contributed by atoms with Gasteiger partial charge in [0.25, 0.3) is 0 Å². The molecule has 0 amide bonds. The van der Waals surface area contributed by atoms with Crippen LogP contribution in [0.5, 0.6) is 0 Å². The van der Waals surface area contributed by atoms with Crippen LogP contribution in [0.1, 0.15) is 12.8 Å². The third-order valence-corrected chi connectivity index (χ3v) is 1.44. The van der Waals surface area contributed by atoms with Crippen LogP contribution in [0, 0.1) is 5.92 Å². The van der Waals surface area contributed by atoms with E-state index in [1.807, 2.05) is 6.08 Å². The molecule has 0 aromatic rings. The summed E-state index contributed by atoms with van der Waals surface area (Å²) in [5, 5.41) is 0. The van der Waals surface area contributed by atoms with Crippen molar-refractivity contribution in [3.05, 3.63) is 12.2 Å². The van der Waals surface area contributed by atoms with Gasteiger partial charge < -0.3 is 4.79 Å². The van der Waals surface area contributed by atoms with Gasteiger partial charge in [0.05, 0.1) is 0 Å². The molecule has 1 aliphatic rings. The second-order valence-corrected chi connectivity index (χ2v) is 2.39. The minimum absolute atomic E-state index is 0.127. The maximum Gasteiger partial charge on any atom is 0.204 e. The molecule has 1 fully saturated rings. The van der Waals surface area contributed by atoms with Crippen LogP contribution in [0.4, 0.5) is 0 Å². The van der Waals surface area contributed by atoms with E-state index >= 15 is 0 Å². The van der Waals surface area contributed by atoms with Gasteiger partial charge in [0.1, 0.15) is 5.68 Å². The van der Waals surface area contributed by atoms with Gasteiger partial charge in [-0.15, -0.1) is 0 Å². The first-order chi connectivity index (χ1) is 4.33. The van der Waals surface area contributed by atoms with Gasteiger partial charge in [-0.05, 0) is 24.8 Å². The van der Waals surface area contributed by atoms with Gasteiger partial charge in [-0.1, -0.05) is 12.9 Å². The zero-order valence-corrected chi connectivity index (χ0v) is 5.63. The molecule has 0 heterocycles. The maximum absolute atomic E-state index is 10.6. The molecular formula is C7H10BO. The van der Waals surface area contributed by atoms with E-state index in [4.69, 9.17) is 0 Å². The summed E-state index contributed by atoms with van der Waals surface area (Å²) in [5.74, 6) is 0.717. The molecule has 2 heteroatoms. The Hall–Kier alpha value is -0.525. The number of carbonyl (C=O) groups excluding carboxylic acids is 1. The van der Waals surface area contributed by atoms with E-state index in [0.717, 1.165) is 0 Å². The van der Waals surface area contributed by atoms with Crippen molar-refractivity contribution in [2.75, 3.05) is 0 Å². The Morgan fingerprint density at radius 2 is 2.33 bits per heavy atom. The van der Waals surface area contributed by atoms with Gasteiger partial charge in [0.2, 0.25) is 7.28 Å². The summed E-state index contributed by atoms with van der Waals surface area (Å²) < 4.78 is 0. The Balaban J connectivity index is 2.20. The lowest BCUT2D eigenvalue weighted by molar-refractivity contribution is -0.108. The van der Waals surface area contributed by atoms with Crippen molar-refractivity contribution in [2.24, 2.45) is 5.92 Å². The van der Waals surface area contributed by atoms with Gasteiger partial charge in [-0.25, -0.2) is 0 Å². The van der Waals surface area contributed by atoms with Crippen LogP contribution in [-0.2, 0) is 4.79 Å². The molecule has 1 aliphatic carbocycles. The second-order valence-electron chi connectivity index (χ2n) is 2.39. The summed E-state index contributed by atoms with van der Waals surface area (Å²) in [5.41, 5.74) is 0.127. The molecule has 0 aliphatic heterocycles. The monoisotopic (exact) mass is 121 g/mol. The quantitative estimate of drug-likeness (QED) is 0.405. The third kappa shape index (κ3) is 2.50. The smallest absolute Gasteiger partial charge is 0.204 e. The highest BCUT2D eigenvalue weighted by molar-refractivity contribution is 6.75. The summed E-state index contributed by atoms with van der Waals surface area (Å²) in [7, 11) is 1.58. The predicted octanol–water partition coefficient (Wildman–Crippen LogP) is 1.23. The fourth-order valence-electron chi connectivity index (χ4n) is 0.616. The maximum atomic E-state index is 10.6. The largest absolute Gasteiger partial charge is 0.307 e. The first-order valence-electron chi connectivity index (χ1n) is 3.34. The van der Waals surface area contributed by atoms with Gasteiger partial charge in [-0.3, -0.25) is 0 Å². The molecule has 0 spiro atoms. The Morgan fingerprint density at radius 1 is 1.67 bits per heavy atom. The lowest BCUT2D eigenvalue weighted by atomic mass is 9.76. The Kier molecular flexibility index (Phi) is 2.09. The van der Waals surface area contributed by atoms with Crippen LogP contribution in [0.2, 0.25) is 6.82 Å². The molecule has 0 saturated heterocycles. The van der Waals surface area contributed by atoms with E-state index in [-0.39, 0.29) is 5.68 Å². The topological polar surface area (TPSA) is 17.1 Å². The number of allylic oxidation sites excluding steroid dienone is 2. The number of carbonyl (C=O) groups is 1. The first-order valence-corrected chi connectivity index (χ1v) is 3.34. The average molecular weight is 121 g/mol. The molecule has 0 atom stereocenters. The normalized spacial score (nSPS) is 18.3. The van der Waals surface area contributed by atoms with Crippen molar-refractivity contribution in [3.8, 4) is 0 Å². The molecule has 1 saturated carbocycles. The van der Waals surface area contributed by atoms with E-state index < -0.39 is 0 Å². The lowest BCUT2D eigenvalue weighted by Crippen LogP contribution is -1.98. The van der Waals surface area contributed by atoms with Crippen LogP contribution in [-0.4, -0.2) is 13.0 Å². The summed E-state index contributed by atoms with van der Waals surface area (Å²) in [6, 6.07) is 0. The molecule has 0 N–H and O–H groups in total. The Morgan fingerprint density at radius 3 is 2.78 bits per heavy atom. The van der Waals surface area contributed by atoms with E-state index in [0.29, 0.717) is 5.92 Å². The average Bonchev–Trinajstić information content (AvgIpc) is 2.65. The van der Waals surface area contributed by atoms with Crippen molar-refractivity contribution in [1.29, 1.82) is 0 Å². The molecule has 0 bridgehead atoms.